The van der Waals surface area contributed by atoms with E-state index in [2.05, 4.69) is 45.2 Å². The van der Waals surface area contributed by atoms with E-state index in [1.807, 2.05) is 37.7 Å². The molecule has 3 aromatic rings. The van der Waals surface area contributed by atoms with E-state index in [-0.39, 0.29) is 17.9 Å². The third-order valence-electron chi connectivity index (χ3n) is 7.18. The second-order valence-electron chi connectivity index (χ2n) is 11.2. The van der Waals surface area contributed by atoms with Crippen LogP contribution in [0.3, 0.4) is 0 Å². The molecule has 1 N–H and O–H groups in total. The van der Waals surface area contributed by atoms with Crippen LogP contribution in [0.25, 0.3) is 22.9 Å². The Balaban J connectivity index is 1.45. The minimum Gasteiger partial charge on any atom is -0.491 e. The van der Waals surface area contributed by atoms with Crippen molar-refractivity contribution < 1.29 is 14.2 Å². The molecule has 0 bridgehead atoms. The number of benzene rings is 1. The molecule has 0 saturated carbocycles. The molecule has 1 saturated heterocycles. The van der Waals surface area contributed by atoms with Crippen LogP contribution < -0.4 is 4.74 Å². The molecule has 2 aromatic heterocycles. The van der Waals surface area contributed by atoms with Gasteiger partial charge >= 0.3 is 0 Å². The van der Waals surface area contributed by atoms with Gasteiger partial charge in [0.15, 0.2) is 5.82 Å². The molecule has 0 radical (unpaired) electrons. The van der Waals surface area contributed by atoms with Crippen molar-refractivity contribution in [2.75, 3.05) is 39.3 Å². The van der Waals surface area contributed by atoms with Crippen molar-refractivity contribution in [3.05, 3.63) is 35.5 Å². The highest BCUT2D eigenvalue weighted by molar-refractivity contribution is 5.69. The third kappa shape index (κ3) is 5.28. The van der Waals surface area contributed by atoms with Crippen LogP contribution in [-0.4, -0.2) is 84.2 Å². The summed E-state index contributed by atoms with van der Waals surface area (Å²) in [5.74, 6) is 2.44. The Morgan fingerprint density at radius 3 is 2.46 bits per heavy atom. The van der Waals surface area contributed by atoms with Gasteiger partial charge in [-0.3, -0.25) is 9.80 Å². The molecule has 2 aliphatic heterocycles. The van der Waals surface area contributed by atoms with E-state index >= 15 is 4.39 Å². The predicted molar refractivity (Wildman–Crippen MR) is 140 cm³/mol. The average Bonchev–Trinajstić information content (AvgIpc) is 3.38. The Hall–Kier alpha value is -2.82. The molecule has 2 aliphatic rings. The Morgan fingerprint density at radius 1 is 1.05 bits per heavy atom. The standard InChI is InChI=1S/C27H38FN7O2/c1-17(2)35-26(29-19(4)31-35)23-15-34-11-12-37-24-14-22(28)20(13-21(24)25(34)30-23)18(3)33-9-7-32(8-10-33)16-27(5,6)36/h13-15,17-18,36H,7-12,16H2,1-6H3/t18-/m1/s1. The number of β-amino-alcohol motifs (C(OH)–C–C–N with tert-alkyl or cyclic N) is 1. The molecule has 9 nitrogen and oxygen atoms in total. The summed E-state index contributed by atoms with van der Waals surface area (Å²) in [6, 6.07) is 3.47. The Labute approximate surface area is 217 Å². The molecule has 0 spiro atoms. The minimum atomic E-state index is -0.723. The lowest BCUT2D eigenvalue weighted by molar-refractivity contribution is 0.0118. The monoisotopic (exact) mass is 511 g/mol. The number of aromatic nitrogens is 5. The molecule has 200 valence electrons. The molecule has 0 amide bonds. The number of aryl methyl sites for hydroxylation is 1. The summed E-state index contributed by atoms with van der Waals surface area (Å²) in [5.41, 5.74) is 1.45. The largest absolute Gasteiger partial charge is 0.491 e. The summed E-state index contributed by atoms with van der Waals surface area (Å²) in [6.07, 6.45) is 1.99. The van der Waals surface area contributed by atoms with Gasteiger partial charge in [0.25, 0.3) is 0 Å². The topological polar surface area (TPSA) is 84.5 Å². The van der Waals surface area contributed by atoms with E-state index in [1.165, 1.54) is 6.07 Å². The molecule has 1 atom stereocenters. The average molecular weight is 512 g/mol. The number of imidazole rings is 1. The SMILES string of the molecule is Cc1nc(-c2cn3c(n2)-c2cc([C@@H](C)N4CCN(CC(C)(C)O)CC4)c(F)cc2OCC3)n(C(C)C)n1. The lowest BCUT2D eigenvalue weighted by atomic mass is 10.0. The maximum absolute atomic E-state index is 15.4. The summed E-state index contributed by atoms with van der Waals surface area (Å²) in [5, 5.41) is 14.7. The van der Waals surface area contributed by atoms with Gasteiger partial charge in [-0.1, -0.05) is 0 Å². The third-order valence-corrected chi connectivity index (χ3v) is 7.18. The van der Waals surface area contributed by atoms with Gasteiger partial charge < -0.3 is 14.4 Å². The van der Waals surface area contributed by atoms with E-state index in [4.69, 9.17) is 9.72 Å². The normalized spacial score (nSPS) is 17.9. The summed E-state index contributed by atoms with van der Waals surface area (Å²) in [7, 11) is 0. The van der Waals surface area contributed by atoms with Crippen molar-refractivity contribution in [3.63, 3.8) is 0 Å². The molecule has 1 fully saturated rings. The molecule has 5 rings (SSSR count). The number of piperazine rings is 1. The van der Waals surface area contributed by atoms with Gasteiger partial charge in [-0.05, 0) is 47.6 Å². The van der Waals surface area contributed by atoms with Crippen LogP contribution in [-0.2, 0) is 6.54 Å². The first-order chi connectivity index (χ1) is 17.5. The van der Waals surface area contributed by atoms with Crippen LogP contribution in [0.4, 0.5) is 4.39 Å². The van der Waals surface area contributed by atoms with Crippen LogP contribution in [0, 0.1) is 12.7 Å². The number of hydrogen-bond donors (Lipinski definition) is 1. The molecular formula is C27H38FN7O2. The fraction of sp³-hybridized carbons (Fsp3) is 0.593. The number of hydrogen-bond acceptors (Lipinski definition) is 7. The minimum absolute atomic E-state index is 0.104. The predicted octanol–water partition coefficient (Wildman–Crippen LogP) is 3.68. The zero-order chi connectivity index (χ0) is 26.5. The Bertz CT molecular complexity index is 1270. The van der Waals surface area contributed by atoms with E-state index in [9.17, 15) is 5.11 Å². The van der Waals surface area contributed by atoms with Crippen LogP contribution in [0.5, 0.6) is 5.75 Å². The molecule has 37 heavy (non-hydrogen) atoms. The molecular weight excluding hydrogens is 473 g/mol. The second kappa shape index (κ2) is 9.81. The Kier molecular flexibility index (Phi) is 6.84. The van der Waals surface area contributed by atoms with Gasteiger partial charge in [-0.15, -0.1) is 0 Å². The van der Waals surface area contributed by atoms with E-state index in [0.717, 1.165) is 49.1 Å². The molecule has 0 aliphatic carbocycles. The van der Waals surface area contributed by atoms with Crippen molar-refractivity contribution >= 4 is 0 Å². The molecule has 0 unspecified atom stereocenters. The van der Waals surface area contributed by atoms with E-state index in [1.54, 1.807) is 0 Å². The first kappa shape index (κ1) is 25.8. The first-order valence-electron chi connectivity index (χ1n) is 13.2. The summed E-state index contributed by atoms with van der Waals surface area (Å²) in [4.78, 5) is 14.2. The zero-order valence-electron chi connectivity index (χ0n) is 22.7. The fourth-order valence-electron chi connectivity index (χ4n) is 5.37. The summed E-state index contributed by atoms with van der Waals surface area (Å²) >= 11 is 0. The second-order valence-corrected chi connectivity index (χ2v) is 11.2. The highest BCUT2D eigenvalue weighted by atomic mass is 19.1. The van der Waals surface area contributed by atoms with Crippen molar-refractivity contribution in [2.45, 2.75) is 65.8 Å². The highest BCUT2D eigenvalue weighted by Gasteiger charge is 2.29. The highest BCUT2D eigenvalue weighted by Crippen LogP contribution is 2.38. The number of fused-ring (bicyclic) bond motifs is 3. The Morgan fingerprint density at radius 2 is 1.78 bits per heavy atom. The quantitative estimate of drug-likeness (QED) is 0.541. The number of aliphatic hydroxyl groups is 1. The van der Waals surface area contributed by atoms with Gasteiger partial charge in [-0.2, -0.15) is 5.10 Å². The van der Waals surface area contributed by atoms with Crippen molar-refractivity contribution in [1.82, 2.24) is 34.1 Å². The van der Waals surface area contributed by atoms with Gasteiger partial charge in [0.05, 0.1) is 17.7 Å². The van der Waals surface area contributed by atoms with Gasteiger partial charge in [0.1, 0.15) is 35.5 Å². The van der Waals surface area contributed by atoms with Crippen molar-refractivity contribution in [2.24, 2.45) is 0 Å². The number of rotatable bonds is 6. The van der Waals surface area contributed by atoms with Crippen LogP contribution in [0.1, 0.15) is 58.1 Å². The summed E-state index contributed by atoms with van der Waals surface area (Å²) < 4.78 is 25.3. The summed E-state index contributed by atoms with van der Waals surface area (Å²) in [6.45, 7) is 16.7. The van der Waals surface area contributed by atoms with Crippen LogP contribution in [0.2, 0.25) is 0 Å². The zero-order valence-corrected chi connectivity index (χ0v) is 22.7. The van der Waals surface area contributed by atoms with Crippen LogP contribution >= 0.6 is 0 Å². The molecule has 10 heteroatoms. The van der Waals surface area contributed by atoms with Crippen molar-refractivity contribution in [3.8, 4) is 28.7 Å². The van der Waals surface area contributed by atoms with E-state index in [0.29, 0.717) is 36.8 Å². The fourth-order valence-corrected chi connectivity index (χ4v) is 5.37. The van der Waals surface area contributed by atoms with Crippen LogP contribution in [0.15, 0.2) is 18.3 Å². The lowest BCUT2D eigenvalue weighted by Crippen LogP contribution is -2.50. The number of halogens is 1. The maximum atomic E-state index is 15.4. The van der Waals surface area contributed by atoms with Gasteiger partial charge in [0, 0.05) is 62.6 Å². The molecule has 1 aromatic carbocycles. The number of ether oxygens (including phenoxy) is 1. The van der Waals surface area contributed by atoms with Crippen molar-refractivity contribution in [1.29, 1.82) is 0 Å². The van der Waals surface area contributed by atoms with E-state index < -0.39 is 5.60 Å². The smallest absolute Gasteiger partial charge is 0.178 e. The van der Waals surface area contributed by atoms with Gasteiger partial charge in [-0.25, -0.2) is 19.0 Å². The lowest BCUT2D eigenvalue weighted by Gasteiger charge is -2.40. The molecule has 4 heterocycles. The maximum Gasteiger partial charge on any atom is 0.178 e. The number of nitrogens with zero attached hydrogens (tertiary/aromatic N) is 7. The first-order valence-corrected chi connectivity index (χ1v) is 13.2. The van der Waals surface area contributed by atoms with Gasteiger partial charge in [0.2, 0.25) is 0 Å².